The molecule has 6 heteroatoms. The quantitative estimate of drug-likeness (QED) is 0.690. The molecular formula is C22H23N3O2S. The zero-order valence-electron chi connectivity index (χ0n) is 16.1. The van der Waals surface area contributed by atoms with Crippen LogP contribution in [0.4, 0.5) is 5.69 Å². The monoisotopic (exact) mass is 393 g/mol. The van der Waals surface area contributed by atoms with Gasteiger partial charge < -0.3 is 14.7 Å². The van der Waals surface area contributed by atoms with Gasteiger partial charge in [-0.05, 0) is 67.6 Å². The second-order valence-corrected chi connectivity index (χ2v) is 7.80. The summed E-state index contributed by atoms with van der Waals surface area (Å²) in [5.41, 5.74) is 4.31. The standard InChI is InChI=1S/C22H23N3O2S/c1-15-4-9-20-16(12-15)13-17-14-25(10-3-11-26)22(28-21(17)24-20)23-18-5-7-19(27-2)8-6-18/h4-9,12-13,26H,3,10-11,14H2,1-2H3. The fourth-order valence-electron chi connectivity index (χ4n) is 3.24. The Bertz CT molecular complexity index is 1020. The first-order valence-electron chi connectivity index (χ1n) is 9.33. The van der Waals surface area contributed by atoms with Crippen molar-refractivity contribution in [2.45, 2.75) is 24.9 Å². The van der Waals surface area contributed by atoms with E-state index in [0.29, 0.717) is 6.42 Å². The molecule has 144 valence electrons. The number of aliphatic hydroxyl groups excluding tert-OH is 1. The highest BCUT2D eigenvalue weighted by molar-refractivity contribution is 8.13. The van der Waals surface area contributed by atoms with E-state index in [1.54, 1.807) is 18.9 Å². The number of fused-ring (bicyclic) bond motifs is 2. The highest BCUT2D eigenvalue weighted by atomic mass is 32.2. The summed E-state index contributed by atoms with van der Waals surface area (Å²) in [5.74, 6) is 0.811. The summed E-state index contributed by atoms with van der Waals surface area (Å²) >= 11 is 1.59. The third kappa shape index (κ3) is 3.98. The van der Waals surface area contributed by atoms with Crippen molar-refractivity contribution in [3.63, 3.8) is 0 Å². The number of aromatic nitrogens is 1. The van der Waals surface area contributed by atoms with Gasteiger partial charge in [-0.25, -0.2) is 9.98 Å². The number of benzene rings is 2. The van der Waals surface area contributed by atoms with Crippen molar-refractivity contribution in [3.8, 4) is 5.75 Å². The second-order valence-electron chi connectivity index (χ2n) is 6.84. The molecule has 0 saturated carbocycles. The number of thioether (sulfide) groups is 1. The predicted molar refractivity (Wildman–Crippen MR) is 115 cm³/mol. The molecule has 1 aliphatic heterocycles. The summed E-state index contributed by atoms with van der Waals surface area (Å²) in [7, 11) is 1.66. The normalized spacial score (nSPS) is 15.1. The zero-order chi connectivity index (χ0) is 19.5. The van der Waals surface area contributed by atoms with Crippen molar-refractivity contribution in [2.24, 2.45) is 4.99 Å². The summed E-state index contributed by atoms with van der Waals surface area (Å²) in [6, 6.07) is 16.3. The first-order chi connectivity index (χ1) is 13.7. The van der Waals surface area contributed by atoms with E-state index in [-0.39, 0.29) is 6.61 Å². The molecule has 0 amide bonds. The number of amidine groups is 1. The van der Waals surface area contributed by atoms with Gasteiger partial charge in [0.05, 0.1) is 18.3 Å². The average molecular weight is 394 g/mol. The average Bonchev–Trinajstić information content (AvgIpc) is 2.71. The van der Waals surface area contributed by atoms with Crippen LogP contribution in [0, 0.1) is 6.92 Å². The molecule has 1 aromatic heterocycles. The van der Waals surface area contributed by atoms with Gasteiger partial charge in [0.15, 0.2) is 5.17 Å². The lowest BCUT2D eigenvalue weighted by Crippen LogP contribution is -2.33. The smallest absolute Gasteiger partial charge is 0.171 e. The maximum Gasteiger partial charge on any atom is 0.171 e. The fraction of sp³-hybridized carbons (Fsp3) is 0.273. The summed E-state index contributed by atoms with van der Waals surface area (Å²) in [5, 5.41) is 12.4. The summed E-state index contributed by atoms with van der Waals surface area (Å²) in [6.07, 6.45) is 0.706. The molecule has 5 nitrogen and oxygen atoms in total. The van der Waals surface area contributed by atoms with E-state index in [1.807, 2.05) is 24.3 Å². The molecule has 2 heterocycles. The van der Waals surface area contributed by atoms with E-state index in [4.69, 9.17) is 14.7 Å². The molecule has 1 aliphatic rings. The van der Waals surface area contributed by atoms with E-state index in [0.717, 1.165) is 45.6 Å². The minimum Gasteiger partial charge on any atom is -0.497 e. The molecular weight excluding hydrogens is 370 g/mol. The summed E-state index contributed by atoms with van der Waals surface area (Å²) in [6.45, 7) is 3.76. The van der Waals surface area contributed by atoms with Gasteiger partial charge in [0, 0.05) is 30.6 Å². The minimum atomic E-state index is 0.166. The van der Waals surface area contributed by atoms with Gasteiger partial charge in [0.2, 0.25) is 0 Å². The first-order valence-corrected chi connectivity index (χ1v) is 10.1. The second kappa shape index (κ2) is 8.20. The molecule has 28 heavy (non-hydrogen) atoms. The molecule has 0 aliphatic carbocycles. The van der Waals surface area contributed by atoms with Gasteiger partial charge in [0.25, 0.3) is 0 Å². The maximum atomic E-state index is 9.30. The molecule has 4 rings (SSSR count). The van der Waals surface area contributed by atoms with E-state index in [9.17, 15) is 5.11 Å². The number of methoxy groups -OCH3 is 1. The minimum absolute atomic E-state index is 0.166. The Morgan fingerprint density at radius 1 is 1.18 bits per heavy atom. The molecule has 0 bridgehead atoms. The molecule has 3 aromatic rings. The Hall–Kier alpha value is -2.57. The van der Waals surface area contributed by atoms with Crippen LogP contribution >= 0.6 is 11.8 Å². The van der Waals surface area contributed by atoms with Crippen LogP contribution in [0.15, 0.2) is 58.5 Å². The number of aryl methyl sites for hydroxylation is 1. The van der Waals surface area contributed by atoms with E-state index >= 15 is 0 Å². The van der Waals surface area contributed by atoms with Gasteiger partial charge in [-0.15, -0.1) is 0 Å². The summed E-state index contributed by atoms with van der Waals surface area (Å²) in [4.78, 5) is 11.9. The lowest BCUT2D eigenvalue weighted by Gasteiger charge is -2.30. The van der Waals surface area contributed by atoms with Crippen LogP contribution in [0.3, 0.4) is 0 Å². The molecule has 2 aromatic carbocycles. The molecule has 0 saturated heterocycles. The van der Waals surface area contributed by atoms with E-state index in [1.165, 1.54) is 11.1 Å². The third-order valence-electron chi connectivity index (χ3n) is 4.71. The predicted octanol–water partition coefficient (Wildman–Crippen LogP) is 4.53. The molecule has 1 N–H and O–H groups in total. The Morgan fingerprint density at radius 2 is 2.00 bits per heavy atom. The lowest BCUT2D eigenvalue weighted by molar-refractivity contribution is 0.265. The van der Waals surface area contributed by atoms with Gasteiger partial charge in [-0.1, -0.05) is 11.6 Å². The number of hydrogen-bond donors (Lipinski definition) is 1. The van der Waals surface area contributed by atoms with Crippen LogP contribution in [0.5, 0.6) is 5.75 Å². The van der Waals surface area contributed by atoms with Gasteiger partial charge in [-0.2, -0.15) is 0 Å². The van der Waals surface area contributed by atoms with Crippen LogP contribution < -0.4 is 4.74 Å². The first kappa shape index (κ1) is 18.8. The summed E-state index contributed by atoms with van der Waals surface area (Å²) < 4.78 is 5.23. The van der Waals surface area contributed by atoms with Crippen LogP contribution in [-0.4, -0.2) is 40.4 Å². The number of ether oxygens (including phenoxy) is 1. The Balaban J connectivity index is 1.71. The Labute approximate surface area is 169 Å². The zero-order valence-corrected chi connectivity index (χ0v) is 16.9. The number of pyridine rings is 1. The molecule has 0 spiro atoms. The van der Waals surface area contributed by atoms with Crippen molar-refractivity contribution < 1.29 is 9.84 Å². The highest BCUT2D eigenvalue weighted by Gasteiger charge is 2.24. The number of aliphatic hydroxyl groups is 1. The lowest BCUT2D eigenvalue weighted by atomic mass is 10.1. The molecule has 0 atom stereocenters. The van der Waals surface area contributed by atoms with Crippen LogP contribution in [0.1, 0.15) is 17.5 Å². The third-order valence-corrected chi connectivity index (χ3v) is 5.79. The van der Waals surface area contributed by atoms with Crippen molar-refractivity contribution in [1.29, 1.82) is 0 Å². The fourth-order valence-corrected chi connectivity index (χ4v) is 4.25. The van der Waals surface area contributed by atoms with Gasteiger partial charge in [-0.3, -0.25) is 0 Å². The van der Waals surface area contributed by atoms with Crippen molar-refractivity contribution in [1.82, 2.24) is 9.88 Å². The largest absolute Gasteiger partial charge is 0.497 e. The van der Waals surface area contributed by atoms with Gasteiger partial charge in [0.1, 0.15) is 10.8 Å². The number of hydrogen-bond acceptors (Lipinski definition) is 5. The number of rotatable bonds is 5. The van der Waals surface area contributed by atoms with Crippen molar-refractivity contribution in [2.75, 3.05) is 20.3 Å². The maximum absolute atomic E-state index is 9.30. The van der Waals surface area contributed by atoms with Crippen molar-refractivity contribution >= 4 is 33.5 Å². The van der Waals surface area contributed by atoms with E-state index in [2.05, 4.69) is 36.1 Å². The van der Waals surface area contributed by atoms with E-state index < -0.39 is 0 Å². The topological polar surface area (TPSA) is 58.0 Å². The molecule has 0 fully saturated rings. The number of aliphatic imine (C=N–C) groups is 1. The highest BCUT2D eigenvalue weighted by Crippen LogP contribution is 2.34. The van der Waals surface area contributed by atoms with Crippen LogP contribution in [0.25, 0.3) is 10.9 Å². The van der Waals surface area contributed by atoms with Crippen LogP contribution in [-0.2, 0) is 6.54 Å². The Kier molecular flexibility index (Phi) is 5.50. The number of nitrogens with zero attached hydrogens (tertiary/aromatic N) is 3. The van der Waals surface area contributed by atoms with Gasteiger partial charge >= 0.3 is 0 Å². The molecule has 0 unspecified atom stereocenters. The Morgan fingerprint density at radius 3 is 2.75 bits per heavy atom. The van der Waals surface area contributed by atoms with Crippen molar-refractivity contribution in [3.05, 3.63) is 59.7 Å². The molecule has 0 radical (unpaired) electrons. The van der Waals surface area contributed by atoms with Crippen LogP contribution in [0.2, 0.25) is 0 Å². The SMILES string of the molecule is COc1ccc(N=C2Sc3nc4ccc(C)cc4cc3CN2CCCO)cc1.